The summed E-state index contributed by atoms with van der Waals surface area (Å²) in [4.78, 5) is 31.3. The topological polar surface area (TPSA) is 89.8 Å². The molecule has 2 aromatic carbocycles. The van der Waals surface area contributed by atoms with Gasteiger partial charge in [0.25, 0.3) is 11.8 Å². The molecule has 3 heterocycles. The van der Waals surface area contributed by atoms with Crippen LogP contribution in [0.1, 0.15) is 54.9 Å². The van der Waals surface area contributed by atoms with Crippen LogP contribution >= 0.6 is 0 Å². The monoisotopic (exact) mass is 549 g/mol. The molecule has 212 valence electrons. The van der Waals surface area contributed by atoms with Crippen LogP contribution in [0.5, 0.6) is 5.75 Å². The van der Waals surface area contributed by atoms with Gasteiger partial charge in [0.1, 0.15) is 23.9 Å². The zero-order valence-electron chi connectivity index (χ0n) is 23.3. The minimum absolute atomic E-state index is 0.0799. The third kappa shape index (κ3) is 5.45. The molecule has 0 aliphatic carbocycles. The fourth-order valence-electron chi connectivity index (χ4n) is 5.56. The van der Waals surface area contributed by atoms with Crippen molar-refractivity contribution in [2.75, 3.05) is 32.8 Å². The first-order valence-electron chi connectivity index (χ1n) is 13.9. The molecule has 1 atom stereocenters. The molecule has 0 bridgehead atoms. The van der Waals surface area contributed by atoms with Crippen molar-refractivity contribution in [1.29, 1.82) is 0 Å². The van der Waals surface area contributed by atoms with Crippen molar-refractivity contribution in [3.05, 3.63) is 71.3 Å². The summed E-state index contributed by atoms with van der Waals surface area (Å²) in [6.07, 6.45) is 2.92. The fourth-order valence-corrected chi connectivity index (χ4v) is 5.56. The SMILES string of the molecule is Cc1c(C(=O)N2CCOC3(CCCCc4ccccc4OCCN(C(C)C)C3=O)C2)nnn1-c1ccccc1F. The van der Waals surface area contributed by atoms with Crippen LogP contribution in [-0.4, -0.2) is 81.1 Å². The molecule has 3 aromatic rings. The summed E-state index contributed by atoms with van der Waals surface area (Å²) in [5, 5.41) is 8.18. The van der Waals surface area contributed by atoms with Gasteiger partial charge in [-0.3, -0.25) is 9.59 Å². The number of morpholine rings is 1. The number of halogens is 1. The van der Waals surface area contributed by atoms with Crippen molar-refractivity contribution in [3.63, 3.8) is 0 Å². The van der Waals surface area contributed by atoms with Gasteiger partial charge in [0.2, 0.25) is 0 Å². The van der Waals surface area contributed by atoms with Gasteiger partial charge in [-0.05, 0) is 70.2 Å². The van der Waals surface area contributed by atoms with Crippen LogP contribution in [-0.2, 0) is 16.0 Å². The Morgan fingerprint density at radius 1 is 1.05 bits per heavy atom. The molecule has 0 N–H and O–H groups in total. The summed E-state index contributed by atoms with van der Waals surface area (Å²) < 4.78 is 28.1. The Labute approximate surface area is 233 Å². The number of aryl methyl sites for hydroxylation is 1. The smallest absolute Gasteiger partial charge is 0.276 e. The first kappa shape index (κ1) is 27.8. The van der Waals surface area contributed by atoms with E-state index in [4.69, 9.17) is 9.47 Å². The number of hydrogen-bond acceptors (Lipinski definition) is 6. The van der Waals surface area contributed by atoms with Crippen molar-refractivity contribution in [3.8, 4) is 11.4 Å². The van der Waals surface area contributed by atoms with E-state index in [2.05, 4.69) is 16.4 Å². The highest BCUT2D eigenvalue weighted by molar-refractivity contribution is 5.94. The zero-order chi connectivity index (χ0) is 28.3. The van der Waals surface area contributed by atoms with E-state index in [9.17, 15) is 14.0 Å². The molecule has 1 spiro atoms. The molecule has 1 saturated heterocycles. The Hall–Kier alpha value is -3.79. The summed E-state index contributed by atoms with van der Waals surface area (Å²) in [6, 6.07) is 14.2. The van der Waals surface area contributed by atoms with Crippen LogP contribution in [0.15, 0.2) is 48.5 Å². The lowest BCUT2D eigenvalue weighted by atomic mass is 9.90. The molecule has 10 heteroatoms. The van der Waals surface area contributed by atoms with E-state index >= 15 is 0 Å². The van der Waals surface area contributed by atoms with Crippen molar-refractivity contribution >= 4 is 11.8 Å². The van der Waals surface area contributed by atoms with Crippen molar-refractivity contribution < 1.29 is 23.5 Å². The number of hydrogen-bond donors (Lipinski definition) is 0. The first-order valence-corrected chi connectivity index (χ1v) is 13.9. The molecule has 0 saturated carbocycles. The molecular formula is C30H36FN5O4. The number of benzene rings is 2. The number of carbonyl (C=O) groups excluding carboxylic acids is 2. The third-order valence-corrected chi connectivity index (χ3v) is 7.76. The maximum absolute atomic E-state index is 14.4. The van der Waals surface area contributed by atoms with Gasteiger partial charge in [-0.2, -0.15) is 0 Å². The molecule has 2 aliphatic rings. The van der Waals surface area contributed by atoms with Gasteiger partial charge < -0.3 is 19.3 Å². The molecule has 5 rings (SSSR count). The number of rotatable bonds is 3. The van der Waals surface area contributed by atoms with Crippen molar-refractivity contribution in [1.82, 2.24) is 24.8 Å². The van der Waals surface area contributed by atoms with Gasteiger partial charge in [0, 0.05) is 12.6 Å². The number of nitrogens with zero attached hydrogens (tertiary/aromatic N) is 5. The van der Waals surface area contributed by atoms with E-state index in [1.807, 2.05) is 32.0 Å². The number of aromatic nitrogens is 3. The second-order valence-electron chi connectivity index (χ2n) is 10.7. The van der Waals surface area contributed by atoms with E-state index in [0.29, 0.717) is 31.8 Å². The van der Waals surface area contributed by atoms with Crippen LogP contribution in [0.4, 0.5) is 4.39 Å². The minimum Gasteiger partial charge on any atom is -0.491 e. The van der Waals surface area contributed by atoms with Gasteiger partial charge in [0.05, 0.1) is 25.4 Å². The Morgan fingerprint density at radius 2 is 1.82 bits per heavy atom. The van der Waals surface area contributed by atoms with Crippen LogP contribution in [0, 0.1) is 12.7 Å². The molecule has 0 radical (unpaired) electrons. The highest BCUT2D eigenvalue weighted by Crippen LogP contribution is 2.31. The summed E-state index contributed by atoms with van der Waals surface area (Å²) in [5.74, 6) is -0.0864. The van der Waals surface area contributed by atoms with E-state index in [1.165, 1.54) is 10.7 Å². The average Bonchev–Trinajstić information content (AvgIpc) is 3.33. The molecular weight excluding hydrogens is 513 g/mol. The third-order valence-electron chi connectivity index (χ3n) is 7.76. The predicted octanol–water partition coefficient (Wildman–Crippen LogP) is 3.97. The summed E-state index contributed by atoms with van der Waals surface area (Å²) in [7, 11) is 0. The maximum atomic E-state index is 14.4. The Morgan fingerprint density at radius 3 is 2.62 bits per heavy atom. The Kier molecular flexibility index (Phi) is 8.16. The lowest BCUT2D eigenvalue weighted by molar-refractivity contribution is -0.172. The van der Waals surface area contributed by atoms with Crippen LogP contribution in [0.2, 0.25) is 0 Å². The van der Waals surface area contributed by atoms with Gasteiger partial charge in [-0.15, -0.1) is 5.10 Å². The number of para-hydroxylation sites is 2. The molecule has 9 nitrogen and oxygen atoms in total. The van der Waals surface area contributed by atoms with Crippen molar-refractivity contribution in [2.24, 2.45) is 0 Å². The second-order valence-corrected chi connectivity index (χ2v) is 10.7. The molecule has 2 aliphatic heterocycles. The van der Waals surface area contributed by atoms with E-state index in [0.717, 1.165) is 30.6 Å². The second kappa shape index (κ2) is 11.8. The normalized spacial score (nSPS) is 20.6. The highest BCUT2D eigenvalue weighted by Gasteiger charge is 2.47. The van der Waals surface area contributed by atoms with Gasteiger partial charge in [0.15, 0.2) is 11.3 Å². The highest BCUT2D eigenvalue weighted by atomic mass is 19.1. The summed E-state index contributed by atoms with van der Waals surface area (Å²) >= 11 is 0. The van der Waals surface area contributed by atoms with Crippen LogP contribution < -0.4 is 4.74 Å². The van der Waals surface area contributed by atoms with E-state index in [1.54, 1.807) is 34.9 Å². The van der Waals surface area contributed by atoms with Crippen LogP contribution in [0.3, 0.4) is 0 Å². The van der Waals surface area contributed by atoms with Gasteiger partial charge in [-0.1, -0.05) is 35.5 Å². The summed E-state index contributed by atoms with van der Waals surface area (Å²) in [5.41, 5.74) is 0.754. The first-order chi connectivity index (χ1) is 19.3. The van der Waals surface area contributed by atoms with E-state index in [-0.39, 0.29) is 42.4 Å². The largest absolute Gasteiger partial charge is 0.491 e. The molecule has 1 fully saturated rings. The maximum Gasteiger partial charge on any atom is 0.276 e. The molecule has 1 aromatic heterocycles. The van der Waals surface area contributed by atoms with Gasteiger partial charge in [-0.25, -0.2) is 9.07 Å². The number of carbonyl (C=O) groups is 2. The quantitative estimate of drug-likeness (QED) is 0.491. The fraction of sp³-hybridized carbons (Fsp3) is 0.467. The standard InChI is InChI=1S/C30H36FN5O4/c1-21(2)35-17-18-39-26-14-7-4-10-23(26)11-8-9-15-30(29(35)38)20-34(16-19-40-30)28(37)27-22(3)36(33-32-27)25-13-6-5-12-24(25)31/h4-7,10,12-14,21H,8-9,11,15-20H2,1-3H3. The predicted molar refractivity (Wildman–Crippen MR) is 147 cm³/mol. The Bertz CT molecular complexity index is 1380. The average molecular weight is 550 g/mol. The number of fused-ring (bicyclic) bond motifs is 1. The van der Waals surface area contributed by atoms with Crippen molar-refractivity contribution in [2.45, 2.75) is 58.1 Å². The van der Waals surface area contributed by atoms with Crippen LogP contribution in [0.25, 0.3) is 5.69 Å². The number of ether oxygens (including phenoxy) is 2. The van der Waals surface area contributed by atoms with Gasteiger partial charge >= 0.3 is 0 Å². The van der Waals surface area contributed by atoms with E-state index < -0.39 is 11.4 Å². The summed E-state index contributed by atoms with van der Waals surface area (Å²) in [6.45, 7) is 7.05. The molecule has 40 heavy (non-hydrogen) atoms. The Balaban J connectivity index is 1.41. The molecule has 1 unspecified atom stereocenters. The number of amides is 2. The molecule has 2 amide bonds. The zero-order valence-corrected chi connectivity index (χ0v) is 23.3. The lowest BCUT2D eigenvalue weighted by Crippen LogP contribution is -2.63. The lowest BCUT2D eigenvalue weighted by Gasteiger charge is -2.45. The minimum atomic E-state index is -1.17.